The zero-order chi connectivity index (χ0) is 15.7. The van der Waals surface area contributed by atoms with Crippen molar-refractivity contribution < 1.29 is 19.1 Å². The number of halogens is 1. The predicted octanol–water partition coefficient (Wildman–Crippen LogP) is 2.57. The number of hydrogen-bond acceptors (Lipinski definition) is 4. The Morgan fingerprint density at radius 1 is 1.29 bits per heavy atom. The second-order valence-corrected chi connectivity index (χ2v) is 5.93. The summed E-state index contributed by atoms with van der Waals surface area (Å²) in [5.41, 5.74) is 0.534. The zero-order valence-electron chi connectivity index (χ0n) is 12.2. The summed E-state index contributed by atoms with van der Waals surface area (Å²) in [6, 6.07) is 6.95. The number of rotatable bonds is 8. The molecule has 0 fully saturated rings. The Balaban J connectivity index is 2.46. The molecule has 6 heteroatoms. The van der Waals surface area contributed by atoms with Crippen molar-refractivity contribution >= 4 is 34.5 Å². The standard InChI is InChI=1S/C15H20INO4/c1-3-4-9-21-12-7-5-11(6-8-12)14(18)17-10-13(16)15(19)20-2/h5-8,13H,3-4,9-10H2,1-2H3,(H,17,18). The number of carbonyl (C=O) groups excluding carboxylic acids is 2. The fraction of sp³-hybridized carbons (Fsp3) is 0.467. The summed E-state index contributed by atoms with van der Waals surface area (Å²) in [6.45, 7) is 3.02. The monoisotopic (exact) mass is 405 g/mol. The lowest BCUT2D eigenvalue weighted by Crippen LogP contribution is -2.33. The van der Waals surface area contributed by atoms with Crippen LogP contribution in [0.5, 0.6) is 5.75 Å². The summed E-state index contributed by atoms with van der Waals surface area (Å²) in [4.78, 5) is 23.2. The first-order chi connectivity index (χ1) is 10.1. The Kier molecular flexibility index (Phi) is 8.11. The van der Waals surface area contributed by atoms with E-state index in [0.717, 1.165) is 18.6 Å². The molecule has 0 heterocycles. The van der Waals surface area contributed by atoms with Crippen LogP contribution in [0.25, 0.3) is 0 Å². The van der Waals surface area contributed by atoms with Crippen LogP contribution in [-0.4, -0.2) is 36.1 Å². The molecule has 0 aromatic heterocycles. The van der Waals surface area contributed by atoms with E-state index in [2.05, 4.69) is 17.0 Å². The van der Waals surface area contributed by atoms with Crippen LogP contribution in [0.4, 0.5) is 0 Å². The lowest BCUT2D eigenvalue weighted by atomic mass is 10.2. The van der Waals surface area contributed by atoms with E-state index in [0.29, 0.717) is 12.2 Å². The molecule has 0 aliphatic carbocycles. The lowest BCUT2D eigenvalue weighted by molar-refractivity contribution is -0.139. The smallest absolute Gasteiger partial charge is 0.320 e. The Morgan fingerprint density at radius 2 is 1.95 bits per heavy atom. The van der Waals surface area contributed by atoms with Gasteiger partial charge in [0.1, 0.15) is 9.67 Å². The first-order valence-corrected chi connectivity index (χ1v) is 8.06. The lowest BCUT2D eigenvalue weighted by Gasteiger charge is -2.10. The SMILES string of the molecule is CCCCOc1ccc(C(=O)NCC(I)C(=O)OC)cc1. The van der Waals surface area contributed by atoms with E-state index in [1.54, 1.807) is 24.3 Å². The minimum Gasteiger partial charge on any atom is -0.494 e. The van der Waals surface area contributed by atoms with Gasteiger partial charge in [0.15, 0.2) is 0 Å². The fourth-order valence-electron chi connectivity index (χ4n) is 1.53. The van der Waals surface area contributed by atoms with Gasteiger partial charge in [-0.05, 0) is 30.7 Å². The van der Waals surface area contributed by atoms with Crippen molar-refractivity contribution in [3.63, 3.8) is 0 Å². The Morgan fingerprint density at radius 3 is 2.52 bits per heavy atom. The Labute approximate surface area is 138 Å². The highest BCUT2D eigenvalue weighted by atomic mass is 127. The van der Waals surface area contributed by atoms with E-state index < -0.39 is 3.92 Å². The molecule has 1 aromatic carbocycles. The van der Waals surface area contributed by atoms with Gasteiger partial charge in [-0.1, -0.05) is 35.9 Å². The summed E-state index contributed by atoms with van der Waals surface area (Å²) in [7, 11) is 1.33. The van der Waals surface area contributed by atoms with Crippen LogP contribution in [0.3, 0.4) is 0 Å². The number of esters is 1. The van der Waals surface area contributed by atoms with Gasteiger partial charge < -0.3 is 14.8 Å². The number of benzene rings is 1. The molecule has 5 nitrogen and oxygen atoms in total. The van der Waals surface area contributed by atoms with Gasteiger partial charge in [-0.2, -0.15) is 0 Å². The molecule has 116 valence electrons. The third-order valence-corrected chi connectivity index (χ3v) is 3.73. The number of methoxy groups -OCH3 is 1. The topological polar surface area (TPSA) is 64.6 Å². The number of ether oxygens (including phenoxy) is 2. The van der Waals surface area contributed by atoms with Crippen molar-refractivity contribution in [2.24, 2.45) is 0 Å². The number of amides is 1. The minimum absolute atomic E-state index is 0.222. The molecule has 1 N–H and O–H groups in total. The fourth-order valence-corrected chi connectivity index (χ4v) is 2.01. The third-order valence-electron chi connectivity index (χ3n) is 2.78. The summed E-state index contributed by atoms with van der Waals surface area (Å²) < 4.78 is 9.73. The molecule has 1 rings (SSSR count). The van der Waals surface area contributed by atoms with Gasteiger partial charge in [-0.15, -0.1) is 0 Å². The van der Waals surface area contributed by atoms with Gasteiger partial charge in [0, 0.05) is 12.1 Å². The number of alkyl halides is 1. The summed E-state index contributed by atoms with van der Waals surface area (Å²) >= 11 is 1.94. The van der Waals surface area contributed by atoms with Crippen LogP contribution in [0.15, 0.2) is 24.3 Å². The van der Waals surface area contributed by atoms with Gasteiger partial charge in [0.25, 0.3) is 5.91 Å². The van der Waals surface area contributed by atoms with E-state index in [9.17, 15) is 9.59 Å². The molecule has 0 spiro atoms. The van der Waals surface area contributed by atoms with E-state index in [1.807, 2.05) is 22.6 Å². The van der Waals surface area contributed by atoms with Crippen molar-refractivity contribution in [2.75, 3.05) is 20.3 Å². The zero-order valence-corrected chi connectivity index (χ0v) is 14.4. The molecule has 0 radical (unpaired) electrons. The molecule has 21 heavy (non-hydrogen) atoms. The highest BCUT2D eigenvalue weighted by Gasteiger charge is 2.16. The van der Waals surface area contributed by atoms with Crippen LogP contribution < -0.4 is 10.1 Å². The van der Waals surface area contributed by atoms with Crippen LogP contribution in [0.2, 0.25) is 0 Å². The average molecular weight is 405 g/mol. The Bertz CT molecular complexity index is 461. The molecule has 0 saturated heterocycles. The third kappa shape index (κ3) is 6.33. The highest BCUT2D eigenvalue weighted by molar-refractivity contribution is 14.1. The molecule has 0 aliphatic heterocycles. The predicted molar refractivity (Wildman–Crippen MR) is 89.0 cm³/mol. The van der Waals surface area contributed by atoms with E-state index in [-0.39, 0.29) is 18.4 Å². The second kappa shape index (κ2) is 9.59. The maximum atomic E-state index is 11.9. The molecule has 1 atom stereocenters. The van der Waals surface area contributed by atoms with Crippen molar-refractivity contribution in [3.8, 4) is 5.75 Å². The Hall–Kier alpha value is -1.31. The van der Waals surface area contributed by atoms with Gasteiger partial charge >= 0.3 is 5.97 Å². The van der Waals surface area contributed by atoms with Crippen molar-refractivity contribution in [1.29, 1.82) is 0 Å². The average Bonchev–Trinajstić information content (AvgIpc) is 2.52. The number of unbranched alkanes of at least 4 members (excludes halogenated alkanes) is 1. The summed E-state index contributed by atoms with van der Waals surface area (Å²) in [5.74, 6) is 0.178. The summed E-state index contributed by atoms with van der Waals surface area (Å²) in [5, 5.41) is 2.70. The molecule has 1 aromatic rings. The first-order valence-electron chi connectivity index (χ1n) is 6.81. The number of nitrogens with one attached hydrogen (secondary N) is 1. The van der Waals surface area contributed by atoms with E-state index in [4.69, 9.17) is 4.74 Å². The van der Waals surface area contributed by atoms with Gasteiger partial charge in [-0.25, -0.2) is 0 Å². The molecule has 0 bridgehead atoms. The van der Waals surface area contributed by atoms with Crippen molar-refractivity contribution in [3.05, 3.63) is 29.8 Å². The van der Waals surface area contributed by atoms with Crippen LogP contribution in [0.1, 0.15) is 30.1 Å². The normalized spacial score (nSPS) is 11.6. The van der Waals surface area contributed by atoms with E-state index in [1.165, 1.54) is 7.11 Å². The number of carbonyl (C=O) groups is 2. The van der Waals surface area contributed by atoms with Crippen LogP contribution in [0, 0.1) is 0 Å². The molecule has 0 saturated carbocycles. The number of hydrogen-bond donors (Lipinski definition) is 1. The van der Waals surface area contributed by atoms with Crippen molar-refractivity contribution in [1.82, 2.24) is 5.32 Å². The van der Waals surface area contributed by atoms with Crippen LogP contribution >= 0.6 is 22.6 Å². The van der Waals surface area contributed by atoms with E-state index >= 15 is 0 Å². The second-order valence-electron chi connectivity index (χ2n) is 4.43. The quantitative estimate of drug-likeness (QED) is 0.313. The van der Waals surface area contributed by atoms with Crippen LogP contribution in [-0.2, 0) is 9.53 Å². The van der Waals surface area contributed by atoms with Gasteiger partial charge in [0.2, 0.25) is 0 Å². The minimum atomic E-state index is -0.395. The largest absolute Gasteiger partial charge is 0.494 e. The van der Waals surface area contributed by atoms with Gasteiger partial charge in [0.05, 0.1) is 13.7 Å². The maximum Gasteiger partial charge on any atom is 0.320 e. The molecule has 1 unspecified atom stereocenters. The van der Waals surface area contributed by atoms with Crippen molar-refractivity contribution in [2.45, 2.75) is 23.7 Å². The molecule has 0 aliphatic rings. The molecular formula is C15H20INO4. The highest BCUT2D eigenvalue weighted by Crippen LogP contribution is 2.13. The molecule has 1 amide bonds. The first kappa shape index (κ1) is 17.7. The van der Waals surface area contributed by atoms with Gasteiger partial charge in [-0.3, -0.25) is 9.59 Å². The summed E-state index contributed by atoms with van der Waals surface area (Å²) in [6.07, 6.45) is 2.09. The molecular weight excluding hydrogens is 385 g/mol. The maximum absolute atomic E-state index is 11.9.